The van der Waals surface area contributed by atoms with Crippen molar-refractivity contribution in [3.05, 3.63) is 253 Å². The highest BCUT2D eigenvalue weighted by Gasteiger charge is 2.46. The van der Waals surface area contributed by atoms with Crippen LogP contribution in [0.2, 0.25) is 0 Å². The molecular weight excluding hydrogens is 769 g/mol. The van der Waals surface area contributed by atoms with Crippen LogP contribution in [0.5, 0.6) is 0 Å². The van der Waals surface area contributed by atoms with Crippen molar-refractivity contribution in [2.45, 2.75) is 5.41 Å². The van der Waals surface area contributed by atoms with E-state index < -0.39 is 5.41 Å². The molecule has 0 atom stereocenters. The molecule has 0 fully saturated rings. The van der Waals surface area contributed by atoms with E-state index in [1.54, 1.807) is 0 Å². The number of nitrogens with zero attached hydrogens (tertiary/aromatic N) is 2. The number of aromatic nitrogens is 2. The van der Waals surface area contributed by atoms with Crippen LogP contribution in [0.1, 0.15) is 22.3 Å². The van der Waals surface area contributed by atoms with Crippen molar-refractivity contribution in [1.29, 1.82) is 0 Å². The molecule has 1 aliphatic rings. The Morgan fingerprint density at radius 1 is 0.306 bits per heavy atom. The third kappa shape index (κ3) is 5.93. The van der Waals surface area contributed by atoms with Gasteiger partial charge in [0.15, 0.2) is 5.82 Å². The molecule has 2 aromatic heterocycles. The number of rotatable bonds is 7. The van der Waals surface area contributed by atoms with Crippen LogP contribution in [0, 0.1) is 0 Å². The van der Waals surface area contributed by atoms with Crippen molar-refractivity contribution < 1.29 is 0 Å². The van der Waals surface area contributed by atoms with Crippen LogP contribution >= 0.6 is 11.3 Å². The van der Waals surface area contributed by atoms with E-state index in [0.717, 1.165) is 33.6 Å². The molecule has 0 aliphatic heterocycles. The Morgan fingerprint density at radius 2 is 0.806 bits per heavy atom. The zero-order chi connectivity index (χ0) is 41.0. The van der Waals surface area contributed by atoms with Crippen molar-refractivity contribution in [3.63, 3.8) is 0 Å². The molecule has 290 valence electrons. The van der Waals surface area contributed by atoms with Crippen LogP contribution in [0.25, 0.3) is 87.5 Å². The topological polar surface area (TPSA) is 25.8 Å². The Labute approximate surface area is 365 Å². The second-order valence-corrected chi connectivity index (χ2v) is 17.2. The van der Waals surface area contributed by atoms with Gasteiger partial charge in [-0.2, -0.15) is 0 Å². The summed E-state index contributed by atoms with van der Waals surface area (Å²) in [6, 6.07) is 83.4. The second kappa shape index (κ2) is 14.8. The molecule has 0 saturated carbocycles. The predicted molar refractivity (Wildman–Crippen MR) is 259 cm³/mol. The summed E-state index contributed by atoms with van der Waals surface area (Å²) < 4.78 is 2.65. The summed E-state index contributed by atoms with van der Waals surface area (Å²) in [5.41, 5.74) is 16.7. The van der Waals surface area contributed by atoms with E-state index in [2.05, 4.69) is 212 Å². The highest BCUT2D eigenvalue weighted by molar-refractivity contribution is 7.25. The highest BCUT2D eigenvalue weighted by atomic mass is 32.1. The molecule has 12 rings (SSSR count). The van der Waals surface area contributed by atoms with E-state index in [1.807, 2.05) is 29.5 Å². The van der Waals surface area contributed by atoms with Gasteiger partial charge in [-0.1, -0.05) is 200 Å². The van der Waals surface area contributed by atoms with E-state index in [-0.39, 0.29) is 0 Å². The first-order valence-electron chi connectivity index (χ1n) is 21.1. The molecule has 1 aliphatic carbocycles. The number of hydrogen-bond donors (Lipinski definition) is 0. The number of fused-ring (bicyclic) bond motifs is 6. The molecule has 2 heterocycles. The van der Waals surface area contributed by atoms with Crippen molar-refractivity contribution in [3.8, 4) is 67.3 Å². The van der Waals surface area contributed by atoms with Crippen LogP contribution in [0.4, 0.5) is 0 Å². The van der Waals surface area contributed by atoms with Crippen LogP contribution in [-0.4, -0.2) is 9.97 Å². The molecule has 3 heteroatoms. The van der Waals surface area contributed by atoms with Crippen molar-refractivity contribution in [1.82, 2.24) is 9.97 Å². The SMILES string of the molecule is c1ccc(-c2nc(-c3ccc(-c4ccc(-c5ccc6sc7ccccc7c6c5)cc4)cc3)cc(-c3ccc4c(c3)C(c3ccccc3)(c3ccccc3)c3ccccc3-4)n2)cc1. The summed E-state index contributed by atoms with van der Waals surface area (Å²) in [4.78, 5) is 10.5. The fourth-order valence-corrected chi connectivity index (χ4v) is 10.7. The molecule has 0 radical (unpaired) electrons. The summed E-state index contributed by atoms with van der Waals surface area (Å²) in [5, 5.41) is 2.64. The molecule has 9 aromatic carbocycles. The maximum atomic E-state index is 5.28. The minimum absolute atomic E-state index is 0.497. The third-order valence-electron chi connectivity index (χ3n) is 12.6. The van der Waals surface area contributed by atoms with Crippen molar-refractivity contribution in [2.24, 2.45) is 0 Å². The number of benzene rings is 9. The number of thiophene rings is 1. The molecular formula is C59H38N2S. The summed E-state index contributed by atoms with van der Waals surface area (Å²) in [5.74, 6) is 0.701. The number of hydrogen-bond acceptors (Lipinski definition) is 3. The lowest BCUT2D eigenvalue weighted by Crippen LogP contribution is -2.28. The van der Waals surface area contributed by atoms with E-state index in [9.17, 15) is 0 Å². The second-order valence-electron chi connectivity index (χ2n) is 16.1. The molecule has 2 nitrogen and oxygen atoms in total. The normalized spacial score (nSPS) is 12.6. The maximum Gasteiger partial charge on any atom is 0.160 e. The van der Waals surface area contributed by atoms with Gasteiger partial charge in [-0.15, -0.1) is 11.3 Å². The lowest BCUT2D eigenvalue weighted by Gasteiger charge is -2.34. The summed E-state index contributed by atoms with van der Waals surface area (Å²) in [7, 11) is 0. The Balaban J connectivity index is 0.934. The standard InChI is InChI=1S/C59H38N2S/c1-4-14-43(15-5-1)58-60-54(42-30-28-40(29-31-42)39-24-26-41(27-25-39)44-33-35-57-51(36-44)50-21-11-13-23-56(50)62-57)38-55(61-58)45-32-34-49-48-20-10-12-22-52(48)59(53(49)37-45,46-16-6-2-7-17-46)47-18-8-3-9-19-47/h1-38H. The van der Waals surface area contributed by atoms with Crippen molar-refractivity contribution >= 4 is 31.5 Å². The third-order valence-corrected chi connectivity index (χ3v) is 13.8. The van der Waals surface area contributed by atoms with Gasteiger partial charge in [-0.3, -0.25) is 0 Å². The first-order valence-corrected chi connectivity index (χ1v) is 22.0. The smallest absolute Gasteiger partial charge is 0.160 e. The predicted octanol–water partition coefficient (Wildman–Crippen LogP) is 15.5. The maximum absolute atomic E-state index is 5.28. The monoisotopic (exact) mass is 806 g/mol. The van der Waals surface area contributed by atoms with Crippen LogP contribution < -0.4 is 0 Å². The summed E-state index contributed by atoms with van der Waals surface area (Å²) in [6.07, 6.45) is 0. The van der Waals surface area contributed by atoms with Gasteiger partial charge in [0.2, 0.25) is 0 Å². The molecule has 0 bridgehead atoms. The molecule has 11 aromatic rings. The largest absolute Gasteiger partial charge is 0.228 e. The zero-order valence-electron chi connectivity index (χ0n) is 33.7. The van der Waals surface area contributed by atoms with Gasteiger partial charge in [0.05, 0.1) is 16.8 Å². The average Bonchev–Trinajstić information content (AvgIpc) is 3.88. The lowest BCUT2D eigenvalue weighted by molar-refractivity contribution is 0.768. The van der Waals surface area contributed by atoms with E-state index in [1.165, 1.54) is 70.2 Å². The average molecular weight is 807 g/mol. The van der Waals surface area contributed by atoms with Gasteiger partial charge in [-0.25, -0.2) is 9.97 Å². The van der Waals surface area contributed by atoms with Crippen molar-refractivity contribution in [2.75, 3.05) is 0 Å². The summed E-state index contributed by atoms with van der Waals surface area (Å²) in [6.45, 7) is 0. The van der Waals surface area contributed by atoms with Gasteiger partial charge in [0, 0.05) is 36.9 Å². The van der Waals surface area contributed by atoms with E-state index >= 15 is 0 Å². The van der Waals surface area contributed by atoms with Crippen LogP contribution in [0.3, 0.4) is 0 Å². The Kier molecular flexibility index (Phi) is 8.62. The van der Waals surface area contributed by atoms with E-state index in [0.29, 0.717) is 5.82 Å². The molecule has 0 N–H and O–H groups in total. The van der Waals surface area contributed by atoms with E-state index in [4.69, 9.17) is 9.97 Å². The van der Waals surface area contributed by atoms with Gasteiger partial charge in [-0.05, 0) is 86.0 Å². The first kappa shape index (κ1) is 36.2. The Bertz CT molecular complexity index is 3390. The minimum atomic E-state index is -0.497. The molecule has 0 spiro atoms. The van der Waals surface area contributed by atoms with Crippen LogP contribution in [-0.2, 0) is 5.41 Å². The lowest BCUT2D eigenvalue weighted by atomic mass is 9.67. The van der Waals surface area contributed by atoms with Gasteiger partial charge in [0.1, 0.15) is 0 Å². The van der Waals surface area contributed by atoms with Gasteiger partial charge >= 0.3 is 0 Å². The van der Waals surface area contributed by atoms with Gasteiger partial charge < -0.3 is 0 Å². The first-order chi connectivity index (χ1) is 30.7. The van der Waals surface area contributed by atoms with Gasteiger partial charge in [0.25, 0.3) is 0 Å². The Hall–Kier alpha value is -7.72. The summed E-state index contributed by atoms with van der Waals surface area (Å²) >= 11 is 1.86. The molecule has 0 saturated heterocycles. The highest BCUT2D eigenvalue weighted by Crippen LogP contribution is 2.56. The Morgan fingerprint density at radius 3 is 1.50 bits per heavy atom. The molecule has 0 amide bonds. The molecule has 62 heavy (non-hydrogen) atoms. The minimum Gasteiger partial charge on any atom is -0.228 e. The molecule has 0 unspecified atom stereocenters. The quantitative estimate of drug-likeness (QED) is 0.160. The fourth-order valence-electron chi connectivity index (χ4n) is 9.66. The zero-order valence-corrected chi connectivity index (χ0v) is 34.6. The van der Waals surface area contributed by atoms with Crippen LogP contribution in [0.15, 0.2) is 231 Å². The fraction of sp³-hybridized carbons (Fsp3) is 0.0169.